The second-order valence-corrected chi connectivity index (χ2v) is 4.93. The zero-order chi connectivity index (χ0) is 10.9. The predicted molar refractivity (Wildman–Crippen MR) is 67.2 cm³/mol. The van der Waals surface area contributed by atoms with Crippen LogP contribution in [0.1, 0.15) is 51.9 Å². The van der Waals surface area contributed by atoms with Gasteiger partial charge < -0.3 is 10.6 Å². The van der Waals surface area contributed by atoms with Gasteiger partial charge in [0.15, 0.2) is 0 Å². The monoisotopic (exact) mass is 212 g/mol. The second-order valence-electron chi connectivity index (χ2n) is 4.93. The van der Waals surface area contributed by atoms with Crippen LogP contribution in [0.3, 0.4) is 0 Å². The molecule has 1 rings (SSSR count). The molecule has 0 aromatic carbocycles. The van der Waals surface area contributed by atoms with Gasteiger partial charge in [0.05, 0.1) is 0 Å². The predicted octanol–water partition coefficient (Wildman–Crippen LogP) is 2.54. The van der Waals surface area contributed by atoms with Crippen molar-refractivity contribution in [2.24, 2.45) is 5.92 Å². The van der Waals surface area contributed by atoms with E-state index in [0.717, 1.165) is 18.5 Å². The zero-order valence-corrected chi connectivity index (χ0v) is 10.5. The van der Waals surface area contributed by atoms with Gasteiger partial charge in [0, 0.05) is 6.04 Å². The molecule has 0 radical (unpaired) electrons. The fourth-order valence-electron chi connectivity index (χ4n) is 2.47. The quantitative estimate of drug-likeness (QED) is 0.661. The smallest absolute Gasteiger partial charge is 0.00671 e. The van der Waals surface area contributed by atoms with Crippen LogP contribution in [0.25, 0.3) is 0 Å². The largest absolute Gasteiger partial charge is 0.319 e. The van der Waals surface area contributed by atoms with Crippen molar-refractivity contribution in [2.45, 2.75) is 57.9 Å². The molecule has 1 aliphatic carbocycles. The maximum Gasteiger partial charge on any atom is 0.00671 e. The Kier molecular flexibility index (Phi) is 7.03. The molecule has 15 heavy (non-hydrogen) atoms. The standard InChI is InChI=1S/C13H28N2/c1-3-12(10-14-2)11-15-13-8-6-4-5-7-9-13/h12-15H,3-11H2,1-2H3. The Bertz CT molecular complexity index is 139. The van der Waals surface area contributed by atoms with Crippen LogP contribution < -0.4 is 10.6 Å². The van der Waals surface area contributed by atoms with E-state index in [1.165, 1.54) is 51.5 Å². The van der Waals surface area contributed by atoms with Gasteiger partial charge >= 0.3 is 0 Å². The molecule has 1 unspecified atom stereocenters. The summed E-state index contributed by atoms with van der Waals surface area (Å²) in [4.78, 5) is 0. The summed E-state index contributed by atoms with van der Waals surface area (Å²) in [5.74, 6) is 0.804. The Labute approximate surface area is 95.2 Å². The SMILES string of the molecule is CCC(CNC)CNC1CCCCCC1. The summed E-state index contributed by atoms with van der Waals surface area (Å²) < 4.78 is 0. The number of hydrogen-bond donors (Lipinski definition) is 2. The lowest BCUT2D eigenvalue weighted by Gasteiger charge is -2.21. The lowest BCUT2D eigenvalue weighted by atomic mass is 10.0. The highest BCUT2D eigenvalue weighted by Gasteiger charge is 2.13. The van der Waals surface area contributed by atoms with Crippen molar-refractivity contribution >= 4 is 0 Å². The summed E-state index contributed by atoms with van der Waals surface area (Å²) in [6, 6.07) is 0.804. The highest BCUT2D eigenvalue weighted by atomic mass is 14.9. The molecule has 2 nitrogen and oxygen atoms in total. The average molecular weight is 212 g/mol. The molecule has 1 fully saturated rings. The molecule has 0 spiro atoms. The molecule has 1 saturated carbocycles. The molecule has 2 heteroatoms. The first-order valence-corrected chi connectivity index (χ1v) is 6.74. The highest BCUT2D eigenvalue weighted by Crippen LogP contribution is 2.17. The lowest BCUT2D eigenvalue weighted by molar-refractivity contribution is 0.384. The maximum absolute atomic E-state index is 3.76. The van der Waals surface area contributed by atoms with E-state index in [9.17, 15) is 0 Å². The van der Waals surface area contributed by atoms with Gasteiger partial charge in [-0.25, -0.2) is 0 Å². The van der Waals surface area contributed by atoms with Crippen molar-refractivity contribution in [3.63, 3.8) is 0 Å². The van der Waals surface area contributed by atoms with Crippen LogP contribution in [0.5, 0.6) is 0 Å². The minimum Gasteiger partial charge on any atom is -0.319 e. The van der Waals surface area contributed by atoms with Crippen molar-refractivity contribution in [1.29, 1.82) is 0 Å². The minimum atomic E-state index is 0.804. The molecule has 1 aliphatic rings. The first-order valence-electron chi connectivity index (χ1n) is 6.74. The third kappa shape index (κ3) is 5.53. The van der Waals surface area contributed by atoms with Gasteiger partial charge in [0.25, 0.3) is 0 Å². The molecule has 0 aromatic rings. The molecule has 0 bridgehead atoms. The second kappa shape index (κ2) is 8.12. The maximum atomic E-state index is 3.76. The molecular formula is C13H28N2. The lowest BCUT2D eigenvalue weighted by Crippen LogP contribution is -2.36. The van der Waals surface area contributed by atoms with Crippen molar-refractivity contribution in [3.05, 3.63) is 0 Å². The van der Waals surface area contributed by atoms with E-state index >= 15 is 0 Å². The van der Waals surface area contributed by atoms with Crippen LogP contribution >= 0.6 is 0 Å². The molecule has 0 aliphatic heterocycles. The summed E-state index contributed by atoms with van der Waals surface area (Å²) >= 11 is 0. The van der Waals surface area contributed by atoms with Crippen molar-refractivity contribution in [2.75, 3.05) is 20.1 Å². The molecule has 0 saturated heterocycles. The Morgan fingerprint density at radius 2 is 1.73 bits per heavy atom. The van der Waals surface area contributed by atoms with Gasteiger partial charge in [-0.2, -0.15) is 0 Å². The van der Waals surface area contributed by atoms with E-state index in [-0.39, 0.29) is 0 Å². The first-order chi connectivity index (χ1) is 7.36. The molecule has 90 valence electrons. The Morgan fingerprint density at radius 1 is 1.07 bits per heavy atom. The molecule has 2 N–H and O–H groups in total. The van der Waals surface area contributed by atoms with Crippen molar-refractivity contribution in [3.8, 4) is 0 Å². The van der Waals surface area contributed by atoms with Crippen molar-refractivity contribution in [1.82, 2.24) is 10.6 Å². The Hall–Kier alpha value is -0.0800. The van der Waals surface area contributed by atoms with Gasteiger partial charge in [-0.1, -0.05) is 39.0 Å². The highest BCUT2D eigenvalue weighted by molar-refractivity contribution is 4.73. The number of nitrogens with one attached hydrogen (secondary N) is 2. The first kappa shape index (κ1) is 13.0. The van der Waals surface area contributed by atoms with E-state index in [1.54, 1.807) is 0 Å². The van der Waals surface area contributed by atoms with E-state index in [2.05, 4.69) is 17.6 Å². The van der Waals surface area contributed by atoms with E-state index in [4.69, 9.17) is 0 Å². The Morgan fingerprint density at radius 3 is 2.27 bits per heavy atom. The third-order valence-corrected chi connectivity index (χ3v) is 3.62. The van der Waals surface area contributed by atoms with Crippen LogP contribution in [0, 0.1) is 5.92 Å². The number of hydrogen-bond acceptors (Lipinski definition) is 2. The molecule has 1 atom stereocenters. The molecule has 0 heterocycles. The van der Waals surface area contributed by atoms with Crippen LogP contribution in [-0.2, 0) is 0 Å². The minimum absolute atomic E-state index is 0.804. The van der Waals surface area contributed by atoms with Gasteiger partial charge in [0.2, 0.25) is 0 Å². The fraction of sp³-hybridized carbons (Fsp3) is 1.00. The molecule has 0 aromatic heterocycles. The molecule has 0 amide bonds. The van der Waals surface area contributed by atoms with E-state index < -0.39 is 0 Å². The normalized spacial score (nSPS) is 21.2. The van der Waals surface area contributed by atoms with Crippen molar-refractivity contribution < 1.29 is 0 Å². The topological polar surface area (TPSA) is 24.1 Å². The summed E-state index contributed by atoms with van der Waals surface area (Å²) in [6.07, 6.45) is 9.84. The van der Waals surface area contributed by atoms with Crippen LogP contribution in [-0.4, -0.2) is 26.2 Å². The van der Waals surface area contributed by atoms with E-state index in [1.807, 2.05) is 7.05 Å². The third-order valence-electron chi connectivity index (χ3n) is 3.62. The zero-order valence-electron chi connectivity index (χ0n) is 10.5. The van der Waals surface area contributed by atoms with E-state index in [0.29, 0.717) is 0 Å². The summed E-state index contributed by atoms with van der Waals surface area (Å²) in [5.41, 5.74) is 0. The molecular weight excluding hydrogens is 184 g/mol. The van der Waals surface area contributed by atoms with Gasteiger partial charge in [0.1, 0.15) is 0 Å². The van der Waals surface area contributed by atoms with Gasteiger partial charge in [-0.05, 0) is 38.9 Å². The van der Waals surface area contributed by atoms with Crippen LogP contribution in [0.15, 0.2) is 0 Å². The number of rotatable bonds is 6. The van der Waals surface area contributed by atoms with Gasteiger partial charge in [-0.3, -0.25) is 0 Å². The fourth-order valence-corrected chi connectivity index (χ4v) is 2.47. The van der Waals surface area contributed by atoms with Crippen LogP contribution in [0.4, 0.5) is 0 Å². The van der Waals surface area contributed by atoms with Gasteiger partial charge in [-0.15, -0.1) is 0 Å². The van der Waals surface area contributed by atoms with Crippen LogP contribution in [0.2, 0.25) is 0 Å². The average Bonchev–Trinajstić information content (AvgIpc) is 2.52. The summed E-state index contributed by atoms with van der Waals surface area (Å²) in [6.45, 7) is 4.63. The summed E-state index contributed by atoms with van der Waals surface area (Å²) in [5, 5.41) is 7.04. The Balaban J connectivity index is 2.15. The summed E-state index contributed by atoms with van der Waals surface area (Å²) in [7, 11) is 2.05.